The van der Waals surface area contributed by atoms with Crippen LogP contribution in [0.1, 0.15) is 15.9 Å². The van der Waals surface area contributed by atoms with E-state index in [9.17, 15) is 18.0 Å². The molecule has 82 valence electrons. The van der Waals surface area contributed by atoms with Gasteiger partial charge in [-0.15, -0.1) is 0 Å². The van der Waals surface area contributed by atoms with Crippen LogP contribution in [-0.4, -0.2) is 5.91 Å². The minimum Gasteiger partial charge on any atom is -0.287 e. The van der Waals surface area contributed by atoms with Gasteiger partial charge in [0.15, 0.2) is 0 Å². The number of carbonyl (C=O) groups is 1. The predicted molar refractivity (Wildman–Crippen MR) is 55.5 cm³/mol. The highest BCUT2D eigenvalue weighted by Crippen LogP contribution is 2.29. The number of benzene rings is 1. The molecule has 2 nitrogen and oxygen atoms in total. The average Bonchev–Trinajstić information content (AvgIpc) is 2.17. The van der Waals surface area contributed by atoms with Gasteiger partial charge in [-0.05, 0) is 24.3 Å². The van der Waals surface area contributed by atoms with Gasteiger partial charge in [0.05, 0.1) is 5.56 Å². The van der Waals surface area contributed by atoms with Crippen LogP contribution in [0.5, 0.6) is 0 Å². The quantitative estimate of drug-likeness (QED) is 0.482. The minimum atomic E-state index is -4.38. The Hall–Kier alpha value is -0.820. The van der Waals surface area contributed by atoms with Gasteiger partial charge >= 0.3 is 6.18 Å². The topological polar surface area (TPSA) is 29.1 Å². The first-order chi connectivity index (χ1) is 6.95. The van der Waals surface area contributed by atoms with Crippen LogP contribution in [-0.2, 0) is 6.18 Å². The Bertz CT molecular complexity index is 350. The summed E-state index contributed by atoms with van der Waals surface area (Å²) in [6.45, 7) is 0. The van der Waals surface area contributed by atoms with Gasteiger partial charge in [0.2, 0.25) is 0 Å². The van der Waals surface area contributed by atoms with E-state index < -0.39 is 17.6 Å². The van der Waals surface area contributed by atoms with Gasteiger partial charge in [-0.3, -0.25) is 9.52 Å². The zero-order valence-corrected chi connectivity index (χ0v) is 8.92. The normalized spacial score (nSPS) is 11.2. The molecule has 0 aromatic heterocycles. The number of alkyl halides is 3. The highest BCUT2D eigenvalue weighted by molar-refractivity contribution is 8.68. The van der Waals surface area contributed by atoms with Gasteiger partial charge < -0.3 is 0 Å². The molecule has 0 heterocycles. The summed E-state index contributed by atoms with van der Waals surface area (Å²) in [5, 5.41) is 0. The van der Waals surface area contributed by atoms with E-state index in [0.29, 0.717) is 0 Å². The maximum atomic E-state index is 12.2. The van der Waals surface area contributed by atoms with Crippen molar-refractivity contribution in [1.29, 1.82) is 0 Å². The molecule has 7 heteroatoms. The third-order valence-corrected chi connectivity index (χ3v) is 2.16. The molecule has 1 aromatic carbocycles. The Morgan fingerprint density at radius 3 is 2.20 bits per heavy atom. The maximum Gasteiger partial charge on any atom is 0.416 e. The molecular formula is C8H6F3NOS2. The molecule has 0 aliphatic heterocycles. The van der Waals surface area contributed by atoms with E-state index in [2.05, 4.69) is 16.4 Å². The molecule has 1 amide bonds. The van der Waals surface area contributed by atoms with E-state index >= 15 is 0 Å². The van der Waals surface area contributed by atoms with Gasteiger partial charge in [-0.25, -0.2) is 0 Å². The first-order valence-electron chi connectivity index (χ1n) is 3.73. The van der Waals surface area contributed by atoms with Crippen molar-refractivity contribution < 1.29 is 18.0 Å². The largest absolute Gasteiger partial charge is 0.416 e. The summed E-state index contributed by atoms with van der Waals surface area (Å²) in [6, 6.07) is 3.94. The van der Waals surface area contributed by atoms with Crippen LogP contribution < -0.4 is 4.72 Å². The van der Waals surface area contributed by atoms with Gasteiger partial charge in [0, 0.05) is 16.5 Å². The molecular weight excluding hydrogens is 247 g/mol. The van der Waals surface area contributed by atoms with E-state index in [1.165, 1.54) is 0 Å². The molecule has 0 saturated heterocycles. The summed E-state index contributed by atoms with van der Waals surface area (Å²) >= 11 is 3.68. The number of hydrogen-bond donors (Lipinski definition) is 2. The number of nitrogens with one attached hydrogen (secondary N) is 1. The summed E-state index contributed by atoms with van der Waals surface area (Å²) in [7, 11) is 0.787. The van der Waals surface area contributed by atoms with Gasteiger partial charge in [0.25, 0.3) is 5.91 Å². The zero-order valence-electron chi connectivity index (χ0n) is 7.21. The fraction of sp³-hybridized carbons (Fsp3) is 0.125. The number of carbonyl (C=O) groups excluding carboxylic acids is 1. The molecule has 1 rings (SSSR count). The molecule has 0 spiro atoms. The summed E-state index contributed by atoms with van der Waals surface area (Å²) in [6.07, 6.45) is -4.38. The van der Waals surface area contributed by atoms with Crippen LogP contribution in [0.4, 0.5) is 13.2 Å². The first kappa shape index (κ1) is 12.3. The number of amides is 1. The fourth-order valence-electron chi connectivity index (χ4n) is 0.911. The number of hydrogen-bond acceptors (Lipinski definition) is 3. The van der Waals surface area contributed by atoms with E-state index in [1.807, 2.05) is 0 Å². The van der Waals surface area contributed by atoms with Gasteiger partial charge in [0.1, 0.15) is 0 Å². The third-order valence-electron chi connectivity index (χ3n) is 1.61. The lowest BCUT2D eigenvalue weighted by Crippen LogP contribution is -2.14. The van der Waals surface area contributed by atoms with Gasteiger partial charge in [-0.2, -0.15) is 13.2 Å². The van der Waals surface area contributed by atoms with Crippen molar-refractivity contribution in [2.24, 2.45) is 0 Å². The van der Waals surface area contributed by atoms with Crippen LogP contribution in [0.2, 0.25) is 0 Å². The lowest BCUT2D eigenvalue weighted by Gasteiger charge is -2.06. The molecule has 0 aliphatic rings. The molecule has 0 radical (unpaired) electrons. The summed E-state index contributed by atoms with van der Waals surface area (Å²) in [4.78, 5) is 11.1. The summed E-state index contributed by atoms with van der Waals surface area (Å²) in [5.74, 6) is -0.483. The second-order valence-corrected chi connectivity index (χ2v) is 3.53. The van der Waals surface area contributed by atoms with Crippen molar-refractivity contribution in [3.05, 3.63) is 35.4 Å². The van der Waals surface area contributed by atoms with Gasteiger partial charge in [-0.1, -0.05) is 11.7 Å². The van der Waals surface area contributed by atoms with E-state index in [4.69, 9.17) is 0 Å². The minimum absolute atomic E-state index is 0.157. The molecule has 1 N–H and O–H groups in total. The number of halogens is 3. The second-order valence-electron chi connectivity index (χ2n) is 2.60. The molecule has 0 atom stereocenters. The van der Waals surface area contributed by atoms with E-state index in [1.54, 1.807) is 0 Å². The van der Waals surface area contributed by atoms with Crippen molar-refractivity contribution >= 4 is 28.5 Å². The van der Waals surface area contributed by atoms with Crippen molar-refractivity contribution in [3.8, 4) is 0 Å². The molecule has 15 heavy (non-hydrogen) atoms. The zero-order chi connectivity index (χ0) is 11.5. The summed E-state index contributed by atoms with van der Waals surface area (Å²) < 4.78 is 38.7. The van der Waals surface area contributed by atoms with Crippen LogP contribution in [0, 0.1) is 0 Å². The fourth-order valence-corrected chi connectivity index (χ4v) is 1.36. The van der Waals surface area contributed by atoms with Crippen LogP contribution >= 0.6 is 22.6 Å². The van der Waals surface area contributed by atoms with Crippen molar-refractivity contribution in [2.45, 2.75) is 6.18 Å². The van der Waals surface area contributed by atoms with Crippen molar-refractivity contribution in [3.63, 3.8) is 0 Å². The van der Waals surface area contributed by atoms with Crippen molar-refractivity contribution in [1.82, 2.24) is 4.72 Å². The number of thiol groups is 1. The maximum absolute atomic E-state index is 12.2. The van der Waals surface area contributed by atoms with Crippen LogP contribution in [0.3, 0.4) is 0 Å². The lowest BCUT2D eigenvalue weighted by molar-refractivity contribution is -0.137. The molecule has 0 unspecified atom stereocenters. The SMILES string of the molecule is O=C(NSS)c1ccc(C(F)(F)F)cc1. The monoisotopic (exact) mass is 253 g/mol. The highest BCUT2D eigenvalue weighted by Gasteiger charge is 2.30. The second kappa shape index (κ2) is 4.80. The van der Waals surface area contributed by atoms with E-state index in [-0.39, 0.29) is 5.56 Å². The summed E-state index contributed by atoms with van der Waals surface area (Å²) in [5.41, 5.74) is -0.623. The average molecular weight is 253 g/mol. The predicted octanol–water partition coefficient (Wildman–Crippen LogP) is 2.93. The highest BCUT2D eigenvalue weighted by atomic mass is 33.1. The third kappa shape index (κ3) is 3.35. The Balaban J connectivity index is 2.86. The van der Waals surface area contributed by atoms with Crippen LogP contribution in [0.25, 0.3) is 0 Å². The Labute approximate surface area is 93.2 Å². The smallest absolute Gasteiger partial charge is 0.287 e. The molecule has 1 aromatic rings. The standard InChI is InChI=1S/C8H6F3NOS2/c9-8(10,11)6-3-1-5(2-4-6)7(13)12-15-14/h1-4,14H,(H,12,13). The molecule has 0 saturated carbocycles. The van der Waals surface area contributed by atoms with Crippen LogP contribution in [0.15, 0.2) is 24.3 Å². The Morgan fingerprint density at radius 2 is 1.80 bits per heavy atom. The lowest BCUT2D eigenvalue weighted by atomic mass is 10.1. The molecule has 0 fully saturated rings. The Morgan fingerprint density at radius 1 is 1.27 bits per heavy atom. The van der Waals surface area contributed by atoms with E-state index in [0.717, 1.165) is 35.2 Å². The molecule has 0 aliphatic carbocycles. The Kier molecular flexibility index (Phi) is 3.92. The number of rotatable bonds is 2. The van der Waals surface area contributed by atoms with Crippen molar-refractivity contribution in [2.75, 3.05) is 0 Å². The molecule has 0 bridgehead atoms. The first-order valence-corrected chi connectivity index (χ1v) is 5.60.